The van der Waals surface area contributed by atoms with Crippen molar-refractivity contribution in [3.63, 3.8) is 0 Å². The summed E-state index contributed by atoms with van der Waals surface area (Å²) in [4.78, 5) is 4.73. The lowest BCUT2D eigenvalue weighted by molar-refractivity contribution is 0.611. The normalized spacial score (nSPS) is 17.5. The van der Waals surface area contributed by atoms with E-state index in [4.69, 9.17) is 28.2 Å². The van der Waals surface area contributed by atoms with Crippen molar-refractivity contribution in [2.75, 3.05) is 13.1 Å². The van der Waals surface area contributed by atoms with Gasteiger partial charge < -0.3 is 5.32 Å². The largest absolute Gasteiger partial charge is 0.316 e. The number of pyridine rings is 1. The van der Waals surface area contributed by atoms with E-state index in [2.05, 4.69) is 11.4 Å². The van der Waals surface area contributed by atoms with Gasteiger partial charge in [-0.3, -0.25) is 4.98 Å². The van der Waals surface area contributed by atoms with Crippen LogP contribution in [0.1, 0.15) is 35.2 Å². The van der Waals surface area contributed by atoms with E-state index in [9.17, 15) is 0 Å². The molecule has 1 aliphatic carbocycles. The third-order valence-corrected chi connectivity index (χ3v) is 5.49. The van der Waals surface area contributed by atoms with Crippen molar-refractivity contribution in [1.82, 2.24) is 10.3 Å². The van der Waals surface area contributed by atoms with Crippen LogP contribution in [-0.4, -0.2) is 18.1 Å². The van der Waals surface area contributed by atoms with Crippen molar-refractivity contribution in [2.24, 2.45) is 0 Å². The molecule has 0 atom stereocenters. The molecule has 118 valence electrons. The van der Waals surface area contributed by atoms with Gasteiger partial charge in [0.05, 0.1) is 15.7 Å². The monoisotopic (exact) mass is 344 g/mol. The maximum Gasteiger partial charge on any atom is 0.0739 e. The molecule has 1 aromatic carbocycles. The number of aromatic nitrogens is 1. The number of nitrogens with one attached hydrogen (secondary N) is 1. The van der Waals surface area contributed by atoms with Crippen LogP contribution >= 0.6 is 23.2 Å². The molecule has 1 N–H and O–H groups in total. The standard InChI is InChI=1S/C19H18Cl2N2/c20-16-10-14-4-3-13-2-1-7-23-19(13)18(15(14)11-17(16)21)12-5-8-22-9-6-12/h1-2,7,10-11,22H,3-6,8-9H2. The minimum atomic E-state index is 0.622. The summed E-state index contributed by atoms with van der Waals surface area (Å²) in [6.07, 6.45) is 5.97. The van der Waals surface area contributed by atoms with Gasteiger partial charge in [-0.05, 0) is 73.7 Å². The molecular formula is C19H18Cl2N2. The molecule has 0 unspecified atom stereocenters. The lowest BCUT2D eigenvalue weighted by Gasteiger charge is -2.22. The third-order valence-electron chi connectivity index (χ3n) is 4.77. The highest BCUT2D eigenvalue weighted by Crippen LogP contribution is 2.39. The van der Waals surface area contributed by atoms with Crippen molar-refractivity contribution in [2.45, 2.75) is 25.7 Å². The zero-order valence-electron chi connectivity index (χ0n) is 12.8. The number of hydrogen-bond donors (Lipinski definition) is 1. The topological polar surface area (TPSA) is 24.9 Å². The number of fused-ring (bicyclic) bond motifs is 2. The van der Waals surface area contributed by atoms with E-state index in [1.54, 1.807) is 0 Å². The number of aryl methyl sites for hydroxylation is 2. The smallest absolute Gasteiger partial charge is 0.0739 e. The van der Waals surface area contributed by atoms with E-state index in [1.807, 2.05) is 24.4 Å². The van der Waals surface area contributed by atoms with Gasteiger partial charge in [0.15, 0.2) is 0 Å². The van der Waals surface area contributed by atoms with E-state index >= 15 is 0 Å². The summed E-state index contributed by atoms with van der Waals surface area (Å²) in [6.45, 7) is 2.05. The van der Waals surface area contributed by atoms with Crippen LogP contribution in [-0.2, 0) is 12.8 Å². The van der Waals surface area contributed by atoms with E-state index in [-0.39, 0.29) is 0 Å². The summed E-state index contributed by atoms with van der Waals surface area (Å²) in [5, 5.41) is 4.70. The number of hydrogen-bond acceptors (Lipinski definition) is 2. The number of nitrogens with zero attached hydrogens (tertiary/aromatic N) is 1. The first-order chi connectivity index (χ1) is 11.2. The SMILES string of the molecule is Clc1cc2c(cc1Cl)C(=C1CCNCC1)c1ncccc1CC2. The van der Waals surface area contributed by atoms with Gasteiger partial charge in [0.1, 0.15) is 0 Å². The molecule has 0 spiro atoms. The first kappa shape index (κ1) is 15.2. The summed E-state index contributed by atoms with van der Waals surface area (Å²) in [6, 6.07) is 8.29. The molecule has 4 rings (SSSR count). The fraction of sp³-hybridized carbons (Fsp3) is 0.316. The quantitative estimate of drug-likeness (QED) is 0.750. The van der Waals surface area contributed by atoms with Gasteiger partial charge in [-0.25, -0.2) is 0 Å². The van der Waals surface area contributed by atoms with Crippen molar-refractivity contribution < 1.29 is 0 Å². The molecule has 2 aliphatic rings. The Kier molecular flexibility index (Phi) is 4.14. The molecule has 23 heavy (non-hydrogen) atoms. The van der Waals surface area contributed by atoms with Crippen LogP contribution in [0, 0.1) is 0 Å². The van der Waals surface area contributed by atoms with Crippen LogP contribution < -0.4 is 5.32 Å². The number of piperidine rings is 1. The molecule has 2 aromatic rings. The predicted molar refractivity (Wildman–Crippen MR) is 96.2 cm³/mol. The predicted octanol–water partition coefficient (Wildman–Crippen LogP) is 4.67. The van der Waals surface area contributed by atoms with Gasteiger partial charge in [0.25, 0.3) is 0 Å². The molecule has 0 radical (unpaired) electrons. The second-order valence-electron chi connectivity index (χ2n) is 6.16. The van der Waals surface area contributed by atoms with E-state index in [0.29, 0.717) is 10.0 Å². The second kappa shape index (κ2) is 6.27. The Labute approximate surface area is 146 Å². The summed E-state index contributed by atoms with van der Waals surface area (Å²) < 4.78 is 0. The average molecular weight is 345 g/mol. The Hall–Kier alpha value is -1.35. The Morgan fingerprint density at radius 3 is 2.48 bits per heavy atom. The molecule has 1 aliphatic heterocycles. The average Bonchev–Trinajstić information content (AvgIpc) is 2.73. The van der Waals surface area contributed by atoms with Crippen molar-refractivity contribution in [3.05, 3.63) is 68.5 Å². The van der Waals surface area contributed by atoms with Crippen LogP contribution in [0.15, 0.2) is 36.0 Å². The van der Waals surface area contributed by atoms with E-state index in [0.717, 1.165) is 44.5 Å². The lowest BCUT2D eigenvalue weighted by atomic mass is 9.89. The van der Waals surface area contributed by atoms with Gasteiger partial charge in [0.2, 0.25) is 0 Å². The Morgan fingerprint density at radius 2 is 1.65 bits per heavy atom. The molecule has 4 heteroatoms. The fourth-order valence-electron chi connectivity index (χ4n) is 3.63. The maximum atomic E-state index is 6.34. The van der Waals surface area contributed by atoms with Gasteiger partial charge in [-0.2, -0.15) is 0 Å². The number of halogens is 2. The highest BCUT2D eigenvalue weighted by molar-refractivity contribution is 6.42. The first-order valence-corrected chi connectivity index (χ1v) is 8.85. The molecule has 2 heterocycles. The van der Waals surface area contributed by atoms with Gasteiger partial charge in [-0.1, -0.05) is 34.8 Å². The highest BCUT2D eigenvalue weighted by Gasteiger charge is 2.24. The zero-order valence-corrected chi connectivity index (χ0v) is 14.3. The van der Waals surface area contributed by atoms with Gasteiger partial charge >= 0.3 is 0 Å². The number of rotatable bonds is 0. The summed E-state index contributed by atoms with van der Waals surface area (Å²) >= 11 is 12.6. The van der Waals surface area contributed by atoms with Crippen LogP contribution in [0.2, 0.25) is 10.0 Å². The van der Waals surface area contributed by atoms with E-state index < -0.39 is 0 Å². The number of benzene rings is 1. The molecule has 2 nitrogen and oxygen atoms in total. The molecule has 0 saturated carbocycles. The molecule has 1 aromatic heterocycles. The van der Waals surface area contributed by atoms with Crippen LogP contribution in [0.25, 0.3) is 5.57 Å². The second-order valence-corrected chi connectivity index (χ2v) is 6.98. The molecule has 1 saturated heterocycles. The van der Waals surface area contributed by atoms with Crippen LogP contribution in [0.5, 0.6) is 0 Å². The lowest BCUT2D eigenvalue weighted by Crippen LogP contribution is -2.24. The Morgan fingerprint density at radius 1 is 0.913 bits per heavy atom. The Bertz CT molecular complexity index is 788. The maximum absolute atomic E-state index is 6.34. The molecule has 1 fully saturated rings. The van der Waals surface area contributed by atoms with Crippen molar-refractivity contribution >= 4 is 28.8 Å². The van der Waals surface area contributed by atoms with Crippen LogP contribution in [0.3, 0.4) is 0 Å². The van der Waals surface area contributed by atoms with Gasteiger partial charge in [-0.15, -0.1) is 0 Å². The van der Waals surface area contributed by atoms with Crippen LogP contribution in [0.4, 0.5) is 0 Å². The highest BCUT2D eigenvalue weighted by atomic mass is 35.5. The minimum Gasteiger partial charge on any atom is -0.316 e. The summed E-state index contributed by atoms with van der Waals surface area (Å²) in [5.41, 5.74) is 7.70. The molecule has 0 bridgehead atoms. The molecule has 0 amide bonds. The van der Waals surface area contributed by atoms with E-state index in [1.165, 1.54) is 27.8 Å². The zero-order chi connectivity index (χ0) is 15.8. The molecular weight excluding hydrogens is 327 g/mol. The van der Waals surface area contributed by atoms with Crippen molar-refractivity contribution in [3.8, 4) is 0 Å². The third kappa shape index (κ3) is 2.80. The summed E-state index contributed by atoms with van der Waals surface area (Å²) in [5.74, 6) is 0. The first-order valence-electron chi connectivity index (χ1n) is 8.09. The fourth-order valence-corrected chi connectivity index (χ4v) is 3.98. The van der Waals surface area contributed by atoms with Gasteiger partial charge in [0, 0.05) is 11.8 Å². The summed E-state index contributed by atoms with van der Waals surface area (Å²) in [7, 11) is 0. The van der Waals surface area contributed by atoms with Crippen molar-refractivity contribution in [1.29, 1.82) is 0 Å². The Balaban J connectivity index is 2.00. The minimum absolute atomic E-state index is 0.622.